The first-order chi connectivity index (χ1) is 11.0. The first-order valence-corrected chi connectivity index (χ1v) is 7.34. The third kappa shape index (κ3) is 2.30. The molecule has 4 aromatic rings. The van der Waals surface area contributed by atoms with Gasteiger partial charge in [-0.1, -0.05) is 25.9 Å². The molecule has 0 aliphatic carbocycles. The zero-order valence-electron chi connectivity index (χ0n) is 13.1. The molecule has 2 N–H and O–H groups in total. The van der Waals surface area contributed by atoms with E-state index in [9.17, 15) is 0 Å². The Hall–Kier alpha value is -2.96. The van der Waals surface area contributed by atoms with Crippen molar-refractivity contribution in [2.75, 3.05) is 5.32 Å². The molecule has 0 amide bonds. The number of benzene rings is 1. The van der Waals surface area contributed by atoms with Crippen LogP contribution in [0.5, 0.6) is 0 Å². The van der Waals surface area contributed by atoms with E-state index in [4.69, 9.17) is 4.52 Å². The van der Waals surface area contributed by atoms with Gasteiger partial charge in [-0.3, -0.25) is 5.10 Å². The Balaban J connectivity index is 1.73. The van der Waals surface area contributed by atoms with E-state index in [1.807, 2.05) is 18.2 Å². The van der Waals surface area contributed by atoms with Crippen molar-refractivity contribution in [3.63, 3.8) is 0 Å². The van der Waals surface area contributed by atoms with Gasteiger partial charge in [0.2, 0.25) is 0 Å². The maximum absolute atomic E-state index is 5.48. The highest BCUT2D eigenvalue weighted by atomic mass is 16.5. The third-order valence-electron chi connectivity index (χ3n) is 3.64. The molecule has 7 nitrogen and oxygen atoms in total. The summed E-state index contributed by atoms with van der Waals surface area (Å²) in [5.74, 6) is 0.628. The Morgan fingerprint density at radius 2 is 1.96 bits per heavy atom. The molecule has 116 valence electrons. The molecule has 0 saturated carbocycles. The van der Waals surface area contributed by atoms with Crippen LogP contribution in [0.2, 0.25) is 0 Å². The lowest BCUT2D eigenvalue weighted by Crippen LogP contribution is -2.11. The molecule has 0 aliphatic heterocycles. The Morgan fingerprint density at radius 1 is 1.13 bits per heavy atom. The summed E-state index contributed by atoms with van der Waals surface area (Å²) in [5.41, 5.74) is 3.83. The number of rotatable bonds is 2. The van der Waals surface area contributed by atoms with Crippen LogP contribution in [0.4, 0.5) is 11.5 Å². The molecule has 0 bridgehead atoms. The molecule has 23 heavy (non-hydrogen) atoms. The second-order valence-electron chi connectivity index (χ2n) is 6.44. The summed E-state index contributed by atoms with van der Waals surface area (Å²) >= 11 is 0. The topological polar surface area (TPSA) is 92.5 Å². The number of hydrogen-bond donors (Lipinski definition) is 2. The molecule has 0 fully saturated rings. The summed E-state index contributed by atoms with van der Waals surface area (Å²) in [6, 6.07) is 5.90. The lowest BCUT2D eigenvalue weighted by molar-refractivity contribution is 0.420. The fourth-order valence-electron chi connectivity index (χ4n) is 2.53. The number of aromatic amines is 1. The van der Waals surface area contributed by atoms with Crippen LogP contribution in [0.15, 0.2) is 35.1 Å². The Bertz CT molecular complexity index is 995. The van der Waals surface area contributed by atoms with Crippen molar-refractivity contribution in [1.82, 2.24) is 25.3 Å². The van der Waals surface area contributed by atoms with Gasteiger partial charge >= 0.3 is 0 Å². The quantitative estimate of drug-likeness (QED) is 0.588. The molecule has 0 radical (unpaired) electrons. The molecule has 0 atom stereocenters. The van der Waals surface area contributed by atoms with E-state index in [0.29, 0.717) is 17.0 Å². The molecule has 3 aromatic heterocycles. The van der Waals surface area contributed by atoms with E-state index in [-0.39, 0.29) is 5.41 Å². The normalized spacial score (nSPS) is 12.1. The molecule has 7 heteroatoms. The first-order valence-electron chi connectivity index (χ1n) is 7.34. The zero-order chi connectivity index (χ0) is 16.0. The van der Waals surface area contributed by atoms with Crippen LogP contribution < -0.4 is 5.32 Å². The van der Waals surface area contributed by atoms with Gasteiger partial charge in [0.25, 0.3) is 0 Å². The van der Waals surface area contributed by atoms with Gasteiger partial charge in [0.05, 0.1) is 5.69 Å². The van der Waals surface area contributed by atoms with E-state index in [0.717, 1.165) is 22.4 Å². The maximum atomic E-state index is 5.48. The van der Waals surface area contributed by atoms with Crippen molar-refractivity contribution < 1.29 is 4.52 Å². The van der Waals surface area contributed by atoms with Crippen molar-refractivity contribution in [1.29, 1.82) is 0 Å². The Labute approximate surface area is 132 Å². The van der Waals surface area contributed by atoms with E-state index < -0.39 is 0 Å². The van der Waals surface area contributed by atoms with E-state index in [1.165, 1.54) is 0 Å². The minimum Gasteiger partial charge on any atom is -0.356 e. The number of nitrogens with zero attached hydrogens (tertiary/aromatic N) is 4. The van der Waals surface area contributed by atoms with Gasteiger partial charge in [0, 0.05) is 34.9 Å². The van der Waals surface area contributed by atoms with Gasteiger partial charge in [0.1, 0.15) is 0 Å². The van der Waals surface area contributed by atoms with Crippen LogP contribution >= 0.6 is 0 Å². The molecule has 0 saturated heterocycles. The average molecular weight is 308 g/mol. The molecule has 1 aromatic carbocycles. The summed E-state index contributed by atoms with van der Waals surface area (Å²) in [6.45, 7) is 6.35. The predicted octanol–water partition coefficient (Wildman–Crippen LogP) is 3.54. The fraction of sp³-hybridized carbons (Fsp3) is 0.250. The highest BCUT2D eigenvalue weighted by Gasteiger charge is 2.22. The number of aromatic nitrogens is 5. The number of hydrogen-bond acceptors (Lipinski definition) is 6. The largest absolute Gasteiger partial charge is 0.356 e. The van der Waals surface area contributed by atoms with Gasteiger partial charge < -0.3 is 9.84 Å². The van der Waals surface area contributed by atoms with Gasteiger partial charge in [-0.05, 0) is 12.1 Å². The summed E-state index contributed by atoms with van der Waals surface area (Å²) in [6.07, 6.45) is 3.26. The Kier molecular flexibility index (Phi) is 2.84. The van der Waals surface area contributed by atoms with Crippen LogP contribution in [0.3, 0.4) is 0 Å². The van der Waals surface area contributed by atoms with Crippen LogP contribution in [-0.2, 0) is 5.41 Å². The number of anilines is 2. The van der Waals surface area contributed by atoms with Crippen LogP contribution in [-0.4, -0.2) is 25.3 Å². The van der Waals surface area contributed by atoms with Crippen molar-refractivity contribution in [2.24, 2.45) is 0 Å². The van der Waals surface area contributed by atoms with Crippen LogP contribution in [0.1, 0.15) is 26.5 Å². The average Bonchev–Trinajstić information content (AvgIpc) is 3.11. The van der Waals surface area contributed by atoms with Gasteiger partial charge in [-0.15, -0.1) is 0 Å². The lowest BCUT2D eigenvalue weighted by atomic mass is 9.90. The highest BCUT2D eigenvalue weighted by Crippen LogP contribution is 2.31. The van der Waals surface area contributed by atoms with Crippen LogP contribution in [0.25, 0.3) is 22.1 Å². The van der Waals surface area contributed by atoms with E-state index in [1.54, 1.807) is 12.4 Å². The summed E-state index contributed by atoms with van der Waals surface area (Å²) < 4.78 is 5.48. The molecule has 0 unspecified atom stereocenters. The number of fused-ring (bicyclic) bond motifs is 2. The molecular weight excluding hydrogens is 292 g/mol. The minimum atomic E-state index is -0.0613. The molecule has 0 spiro atoms. The Morgan fingerprint density at radius 3 is 2.78 bits per heavy atom. The summed E-state index contributed by atoms with van der Waals surface area (Å²) in [5, 5.41) is 15.5. The zero-order valence-corrected chi connectivity index (χ0v) is 13.1. The summed E-state index contributed by atoms with van der Waals surface area (Å²) in [7, 11) is 0. The van der Waals surface area contributed by atoms with Crippen molar-refractivity contribution in [3.8, 4) is 0 Å². The summed E-state index contributed by atoms with van der Waals surface area (Å²) in [4.78, 5) is 8.46. The molecule has 0 aliphatic rings. The number of H-pyrrole nitrogens is 1. The van der Waals surface area contributed by atoms with E-state index in [2.05, 4.69) is 51.4 Å². The SMILES string of the molecule is CC(C)(C)c1noc2cc(Nc3n[nH]c4nccnc34)ccc12. The fourth-order valence-corrected chi connectivity index (χ4v) is 2.53. The number of nitrogens with one attached hydrogen (secondary N) is 2. The third-order valence-corrected chi connectivity index (χ3v) is 3.64. The highest BCUT2D eigenvalue weighted by molar-refractivity contribution is 5.88. The first kappa shape index (κ1) is 13.7. The smallest absolute Gasteiger partial charge is 0.180 e. The monoisotopic (exact) mass is 308 g/mol. The van der Waals surface area contributed by atoms with E-state index >= 15 is 0 Å². The standard InChI is InChI=1S/C16H16N6O/c1-16(2,3)13-10-5-4-9(8-11(10)23-22-13)19-15-12-14(20-21-15)18-7-6-17-12/h4-8H,1-3H3,(H2,18,19,20,21). The second-order valence-corrected chi connectivity index (χ2v) is 6.44. The van der Waals surface area contributed by atoms with Gasteiger partial charge in [-0.2, -0.15) is 5.10 Å². The van der Waals surface area contributed by atoms with Gasteiger partial charge in [-0.25, -0.2) is 9.97 Å². The molecular formula is C16H16N6O. The molecule has 3 heterocycles. The van der Waals surface area contributed by atoms with Crippen molar-refractivity contribution in [3.05, 3.63) is 36.3 Å². The molecule has 4 rings (SSSR count). The minimum absolute atomic E-state index is 0.0613. The maximum Gasteiger partial charge on any atom is 0.180 e. The predicted molar refractivity (Wildman–Crippen MR) is 87.7 cm³/mol. The van der Waals surface area contributed by atoms with Crippen LogP contribution in [0, 0.1) is 0 Å². The van der Waals surface area contributed by atoms with Crippen molar-refractivity contribution in [2.45, 2.75) is 26.2 Å². The van der Waals surface area contributed by atoms with Gasteiger partial charge in [0.15, 0.2) is 22.6 Å². The lowest BCUT2D eigenvalue weighted by Gasteiger charge is -2.14. The second kappa shape index (κ2) is 4.77. The van der Waals surface area contributed by atoms with Crippen molar-refractivity contribution >= 4 is 33.6 Å².